The molecule has 0 radical (unpaired) electrons. The Labute approximate surface area is 60.9 Å². The summed E-state index contributed by atoms with van der Waals surface area (Å²) in [5, 5.41) is 0. The van der Waals surface area contributed by atoms with Crippen LogP contribution in [0.2, 0.25) is 0 Å². The summed E-state index contributed by atoms with van der Waals surface area (Å²) in [5.41, 5.74) is 0.290. The molecule has 0 heterocycles. The molecule has 0 aromatic carbocycles. The number of hydrogen-bond donors (Lipinski definition) is 0. The third-order valence-electron chi connectivity index (χ3n) is 1.63. The fourth-order valence-corrected chi connectivity index (χ4v) is 0.410. The van der Waals surface area contributed by atoms with Gasteiger partial charge in [0.25, 0.3) is 0 Å². The smallest absolute Gasteiger partial charge is 0.142 e. The molecule has 0 aliphatic rings. The van der Waals surface area contributed by atoms with Crippen molar-refractivity contribution in [2.24, 2.45) is 5.41 Å². The van der Waals surface area contributed by atoms with Gasteiger partial charge in [-0.25, -0.2) is 0 Å². The van der Waals surface area contributed by atoms with Crippen LogP contribution < -0.4 is 0 Å². The standard InChI is InChI=1S/C8H12O2/c1-7(4-5-9)8(2,3)6-10/h4-6H,1-3H3. The first kappa shape index (κ1) is 9.08. The minimum absolute atomic E-state index is 0.499. The van der Waals surface area contributed by atoms with Gasteiger partial charge in [-0.2, -0.15) is 0 Å². The van der Waals surface area contributed by atoms with E-state index in [2.05, 4.69) is 0 Å². The molecule has 0 unspecified atom stereocenters. The van der Waals surface area contributed by atoms with Crippen LogP contribution in [0.25, 0.3) is 0 Å². The first-order valence-corrected chi connectivity index (χ1v) is 3.13. The quantitative estimate of drug-likeness (QED) is 0.438. The molecule has 0 aromatic heterocycles. The Morgan fingerprint density at radius 3 is 2.10 bits per heavy atom. The van der Waals surface area contributed by atoms with E-state index in [-0.39, 0.29) is 0 Å². The topological polar surface area (TPSA) is 34.1 Å². The van der Waals surface area contributed by atoms with Gasteiger partial charge < -0.3 is 4.79 Å². The lowest BCUT2D eigenvalue weighted by Crippen LogP contribution is -2.14. The number of allylic oxidation sites excluding steroid dienone is 2. The predicted octanol–water partition coefficient (Wildman–Crippen LogP) is 1.36. The third-order valence-corrected chi connectivity index (χ3v) is 1.63. The SMILES string of the molecule is CC(=CC=O)C(C)(C)C=O. The third kappa shape index (κ3) is 2.13. The molecule has 2 heteroatoms. The maximum atomic E-state index is 10.4. The van der Waals surface area contributed by atoms with Crippen LogP contribution in [0.1, 0.15) is 20.8 Å². The maximum absolute atomic E-state index is 10.4. The molecular weight excluding hydrogens is 128 g/mol. The van der Waals surface area contributed by atoms with Crippen LogP contribution in [-0.2, 0) is 9.59 Å². The van der Waals surface area contributed by atoms with Crippen molar-refractivity contribution in [3.63, 3.8) is 0 Å². The van der Waals surface area contributed by atoms with Crippen LogP contribution in [0.4, 0.5) is 0 Å². The summed E-state index contributed by atoms with van der Waals surface area (Å²) < 4.78 is 0. The van der Waals surface area contributed by atoms with Crippen molar-refractivity contribution in [3.05, 3.63) is 11.6 Å². The zero-order chi connectivity index (χ0) is 8.20. The Morgan fingerprint density at radius 1 is 1.30 bits per heavy atom. The zero-order valence-corrected chi connectivity index (χ0v) is 6.55. The van der Waals surface area contributed by atoms with Crippen LogP contribution >= 0.6 is 0 Å². The summed E-state index contributed by atoms with van der Waals surface area (Å²) in [5.74, 6) is 0. The predicted molar refractivity (Wildman–Crippen MR) is 39.7 cm³/mol. The van der Waals surface area contributed by atoms with Crippen LogP contribution in [0.5, 0.6) is 0 Å². The molecule has 0 saturated carbocycles. The molecule has 56 valence electrons. The van der Waals surface area contributed by atoms with E-state index in [1.165, 1.54) is 6.08 Å². The fraction of sp³-hybridized carbons (Fsp3) is 0.500. The van der Waals surface area contributed by atoms with E-state index in [1.807, 2.05) is 0 Å². The van der Waals surface area contributed by atoms with Crippen LogP contribution in [0.15, 0.2) is 11.6 Å². The van der Waals surface area contributed by atoms with Gasteiger partial charge >= 0.3 is 0 Å². The summed E-state index contributed by atoms with van der Waals surface area (Å²) in [7, 11) is 0. The van der Waals surface area contributed by atoms with E-state index in [9.17, 15) is 9.59 Å². The van der Waals surface area contributed by atoms with Crippen molar-refractivity contribution in [3.8, 4) is 0 Å². The lowest BCUT2D eigenvalue weighted by molar-refractivity contribution is -0.113. The van der Waals surface area contributed by atoms with Gasteiger partial charge in [0.1, 0.15) is 12.6 Å². The van der Waals surface area contributed by atoms with E-state index in [0.717, 1.165) is 11.9 Å². The molecule has 0 fully saturated rings. The molecule has 0 atom stereocenters. The van der Waals surface area contributed by atoms with Crippen molar-refractivity contribution in [1.82, 2.24) is 0 Å². The first-order valence-electron chi connectivity index (χ1n) is 3.13. The Kier molecular flexibility index (Phi) is 3.00. The second kappa shape index (κ2) is 3.30. The van der Waals surface area contributed by atoms with Gasteiger partial charge in [0.2, 0.25) is 0 Å². The molecule has 0 spiro atoms. The van der Waals surface area contributed by atoms with E-state index >= 15 is 0 Å². The number of rotatable bonds is 3. The largest absolute Gasteiger partial charge is 0.302 e. The highest BCUT2D eigenvalue weighted by Gasteiger charge is 2.17. The molecule has 0 rings (SSSR count). The van der Waals surface area contributed by atoms with Crippen molar-refractivity contribution in [2.45, 2.75) is 20.8 Å². The average molecular weight is 140 g/mol. The Balaban J connectivity index is 4.46. The Bertz CT molecular complexity index is 166. The molecule has 0 bridgehead atoms. The summed E-state index contributed by atoms with van der Waals surface area (Å²) in [6.07, 6.45) is 2.94. The summed E-state index contributed by atoms with van der Waals surface area (Å²) in [6.45, 7) is 5.31. The molecule has 2 nitrogen and oxygen atoms in total. The van der Waals surface area contributed by atoms with Gasteiger partial charge in [-0.1, -0.05) is 5.57 Å². The second-order valence-corrected chi connectivity index (χ2v) is 2.83. The summed E-state index contributed by atoms with van der Waals surface area (Å²) >= 11 is 0. The van der Waals surface area contributed by atoms with Crippen LogP contribution in [-0.4, -0.2) is 12.6 Å². The van der Waals surface area contributed by atoms with E-state index in [4.69, 9.17) is 0 Å². The average Bonchev–Trinajstić information content (AvgIpc) is 1.89. The lowest BCUT2D eigenvalue weighted by Gasteiger charge is -2.16. The monoisotopic (exact) mass is 140 g/mol. The van der Waals surface area contributed by atoms with Gasteiger partial charge in [-0.3, -0.25) is 4.79 Å². The molecule has 0 amide bonds. The van der Waals surface area contributed by atoms with E-state index in [1.54, 1.807) is 20.8 Å². The minimum atomic E-state index is -0.499. The van der Waals surface area contributed by atoms with Crippen LogP contribution in [0.3, 0.4) is 0 Å². The van der Waals surface area contributed by atoms with Crippen molar-refractivity contribution in [2.75, 3.05) is 0 Å². The molecule has 0 N–H and O–H groups in total. The Hall–Kier alpha value is -0.920. The minimum Gasteiger partial charge on any atom is -0.302 e. The molecule has 0 saturated heterocycles. The molecule has 0 aromatic rings. The lowest BCUT2D eigenvalue weighted by atomic mass is 9.87. The van der Waals surface area contributed by atoms with Gasteiger partial charge in [0.05, 0.1) is 0 Å². The number of hydrogen-bond acceptors (Lipinski definition) is 2. The zero-order valence-electron chi connectivity index (χ0n) is 6.55. The number of carbonyl (C=O) groups is 2. The second-order valence-electron chi connectivity index (χ2n) is 2.83. The summed E-state index contributed by atoms with van der Waals surface area (Å²) in [6, 6.07) is 0. The number of aldehydes is 2. The summed E-state index contributed by atoms with van der Waals surface area (Å²) in [4.78, 5) is 20.4. The molecule has 10 heavy (non-hydrogen) atoms. The van der Waals surface area contributed by atoms with Crippen molar-refractivity contribution < 1.29 is 9.59 Å². The highest BCUT2D eigenvalue weighted by molar-refractivity contribution is 5.71. The molecule has 0 aliphatic heterocycles. The van der Waals surface area contributed by atoms with Gasteiger partial charge in [0.15, 0.2) is 0 Å². The first-order chi connectivity index (χ1) is 4.54. The van der Waals surface area contributed by atoms with Crippen LogP contribution in [0, 0.1) is 5.41 Å². The molecular formula is C8H12O2. The Morgan fingerprint density at radius 2 is 1.80 bits per heavy atom. The highest BCUT2D eigenvalue weighted by atomic mass is 16.1. The highest BCUT2D eigenvalue weighted by Crippen LogP contribution is 2.21. The van der Waals surface area contributed by atoms with Crippen molar-refractivity contribution in [1.29, 1.82) is 0 Å². The van der Waals surface area contributed by atoms with Crippen molar-refractivity contribution >= 4 is 12.6 Å². The van der Waals surface area contributed by atoms with Gasteiger partial charge in [-0.05, 0) is 26.8 Å². The fourth-order valence-electron chi connectivity index (χ4n) is 0.410. The maximum Gasteiger partial charge on any atom is 0.142 e. The van der Waals surface area contributed by atoms with Gasteiger partial charge in [0, 0.05) is 5.41 Å². The van der Waals surface area contributed by atoms with E-state index < -0.39 is 5.41 Å². The van der Waals surface area contributed by atoms with Gasteiger partial charge in [-0.15, -0.1) is 0 Å². The van der Waals surface area contributed by atoms with E-state index in [0.29, 0.717) is 6.29 Å². The number of carbonyl (C=O) groups excluding carboxylic acids is 2. The normalized spacial score (nSPS) is 12.9. The molecule has 0 aliphatic carbocycles.